The number of aryl methyl sites for hydroxylation is 1. The maximum absolute atomic E-state index is 6.00. The van der Waals surface area contributed by atoms with E-state index in [0.29, 0.717) is 6.42 Å². The van der Waals surface area contributed by atoms with Gasteiger partial charge in [-0.25, -0.2) is 0 Å². The summed E-state index contributed by atoms with van der Waals surface area (Å²) in [5.74, 6) is 6.74. The van der Waals surface area contributed by atoms with Gasteiger partial charge in [0.1, 0.15) is 5.75 Å². The van der Waals surface area contributed by atoms with E-state index >= 15 is 0 Å². The average molecular weight is 203 g/mol. The molecule has 1 aromatic carbocycles. The van der Waals surface area contributed by atoms with Gasteiger partial charge in [-0.1, -0.05) is 12.1 Å². The molecule has 0 aliphatic rings. The van der Waals surface area contributed by atoms with Gasteiger partial charge in [0.15, 0.2) is 0 Å². The van der Waals surface area contributed by atoms with Gasteiger partial charge in [-0.15, -0.1) is 11.8 Å². The Bertz CT molecular complexity index is 387. The average Bonchev–Trinajstić information content (AvgIpc) is 2.25. The minimum absolute atomic E-state index is 0.0120. The van der Waals surface area contributed by atoms with E-state index in [1.807, 2.05) is 26.0 Å². The lowest BCUT2D eigenvalue weighted by atomic mass is 10.0. The van der Waals surface area contributed by atoms with Gasteiger partial charge in [0, 0.05) is 12.5 Å². The van der Waals surface area contributed by atoms with Crippen LogP contribution in [0.25, 0.3) is 0 Å². The van der Waals surface area contributed by atoms with E-state index < -0.39 is 0 Å². The lowest BCUT2D eigenvalue weighted by Crippen LogP contribution is -2.09. The van der Waals surface area contributed by atoms with Crippen LogP contribution in [0.15, 0.2) is 18.2 Å². The van der Waals surface area contributed by atoms with Gasteiger partial charge in [-0.3, -0.25) is 0 Å². The smallest absolute Gasteiger partial charge is 0.121 e. The molecule has 0 aliphatic carbocycles. The zero-order valence-electron chi connectivity index (χ0n) is 9.50. The monoisotopic (exact) mass is 203 g/mol. The van der Waals surface area contributed by atoms with Crippen molar-refractivity contribution in [3.63, 3.8) is 0 Å². The summed E-state index contributed by atoms with van der Waals surface area (Å²) in [6.45, 7) is 3.84. The zero-order chi connectivity index (χ0) is 11.3. The van der Waals surface area contributed by atoms with Gasteiger partial charge in [0.2, 0.25) is 0 Å². The summed E-state index contributed by atoms with van der Waals surface area (Å²) >= 11 is 0. The van der Waals surface area contributed by atoms with Crippen LogP contribution in [0.3, 0.4) is 0 Å². The van der Waals surface area contributed by atoms with E-state index in [-0.39, 0.29) is 6.04 Å². The first-order valence-corrected chi connectivity index (χ1v) is 4.98. The molecule has 0 amide bonds. The van der Waals surface area contributed by atoms with Crippen molar-refractivity contribution in [2.45, 2.75) is 26.3 Å². The molecule has 1 rings (SSSR count). The number of hydrogen-bond acceptors (Lipinski definition) is 2. The van der Waals surface area contributed by atoms with Crippen LogP contribution in [0.4, 0.5) is 0 Å². The number of ether oxygens (including phenoxy) is 1. The van der Waals surface area contributed by atoms with Crippen molar-refractivity contribution in [1.82, 2.24) is 0 Å². The highest BCUT2D eigenvalue weighted by Gasteiger charge is 2.06. The van der Waals surface area contributed by atoms with Crippen molar-refractivity contribution < 1.29 is 4.74 Å². The van der Waals surface area contributed by atoms with Gasteiger partial charge < -0.3 is 10.5 Å². The summed E-state index contributed by atoms with van der Waals surface area (Å²) in [5, 5.41) is 0. The maximum atomic E-state index is 6.00. The molecule has 15 heavy (non-hydrogen) atoms. The molecule has 0 fully saturated rings. The Morgan fingerprint density at radius 1 is 1.47 bits per heavy atom. The largest absolute Gasteiger partial charge is 0.496 e. The van der Waals surface area contributed by atoms with E-state index in [2.05, 4.69) is 17.9 Å². The fourth-order valence-corrected chi connectivity index (χ4v) is 1.46. The van der Waals surface area contributed by atoms with Crippen molar-refractivity contribution in [1.29, 1.82) is 0 Å². The molecule has 0 spiro atoms. The SMILES string of the molecule is CC#CCC(N)c1ccc(OC)c(C)c1. The molecule has 2 nitrogen and oxygen atoms in total. The Labute approximate surface area is 91.4 Å². The van der Waals surface area contributed by atoms with Crippen LogP contribution in [0, 0.1) is 18.8 Å². The molecule has 80 valence electrons. The number of benzene rings is 1. The summed E-state index contributed by atoms with van der Waals surface area (Å²) in [5.41, 5.74) is 8.21. The van der Waals surface area contributed by atoms with Gasteiger partial charge in [0.25, 0.3) is 0 Å². The summed E-state index contributed by atoms with van der Waals surface area (Å²) in [6, 6.07) is 5.99. The molecule has 1 aromatic rings. The highest BCUT2D eigenvalue weighted by Crippen LogP contribution is 2.22. The van der Waals surface area contributed by atoms with Crippen LogP contribution in [0.2, 0.25) is 0 Å². The van der Waals surface area contributed by atoms with Gasteiger partial charge >= 0.3 is 0 Å². The second-order valence-corrected chi connectivity index (χ2v) is 3.47. The Morgan fingerprint density at radius 3 is 2.73 bits per heavy atom. The summed E-state index contributed by atoms with van der Waals surface area (Å²) in [4.78, 5) is 0. The first-order chi connectivity index (χ1) is 7.19. The predicted octanol–water partition coefficient (Wildman–Crippen LogP) is 2.42. The molecular weight excluding hydrogens is 186 g/mol. The summed E-state index contributed by atoms with van der Waals surface area (Å²) < 4.78 is 5.19. The number of hydrogen-bond donors (Lipinski definition) is 1. The Hall–Kier alpha value is -1.46. The van der Waals surface area contributed by atoms with Crippen LogP contribution in [0.1, 0.15) is 30.5 Å². The molecule has 0 radical (unpaired) electrons. The Balaban J connectivity index is 2.85. The van der Waals surface area contributed by atoms with Crippen molar-refractivity contribution >= 4 is 0 Å². The summed E-state index contributed by atoms with van der Waals surface area (Å²) in [7, 11) is 1.67. The van der Waals surface area contributed by atoms with Gasteiger partial charge in [0.05, 0.1) is 7.11 Å². The second kappa shape index (κ2) is 5.43. The number of rotatable bonds is 3. The highest BCUT2D eigenvalue weighted by atomic mass is 16.5. The molecule has 1 atom stereocenters. The minimum atomic E-state index is -0.0120. The fourth-order valence-electron chi connectivity index (χ4n) is 1.46. The first-order valence-electron chi connectivity index (χ1n) is 4.98. The van der Waals surface area contributed by atoms with Crippen LogP contribution < -0.4 is 10.5 Å². The van der Waals surface area contributed by atoms with Crippen LogP contribution in [0.5, 0.6) is 5.75 Å². The third kappa shape index (κ3) is 3.00. The molecule has 2 N–H and O–H groups in total. The van der Waals surface area contributed by atoms with Crippen molar-refractivity contribution in [2.24, 2.45) is 5.73 Å². The third-order valence-electron chi connectivity index (χ3n) is 2.35. The molecule has 0 aromatic heterocycles. The molecular formula is C13H17NO. The van der Waals surface area contributed by atoms with Gasteiger partial charge in [-0.05, 0) is 31.0 Å². The molecule has 0 saturated heterocycles. The number of methoxy groups -OCH3 is 1. The van der Waals surface area contributed by atoms with Gasteiger partial charge in [-0.2, -0.15) is 0 Å². The van der Waals surface area contributed by atoms with Crippen LogP contribution >= 0.6 is 0 Å². The van der Waals surface area contributed by atoms with Crippen LogP contribution in [-0.4, -0.2) is 7.11 Å². The van der Waals surface area contributed by atoms with E-state index in [9.17, 15) is 0 Å². The normalized spacial score (nSPS) is 11.5. The van der Waals surface area contributed by atoms with Crippen molar-refractivity contribution in [3.8, 4) is 17.6 Å². The molecule has 0 saturated carbocycles. The van der Waals surface area contributed by atoms with E-state index in [1.54, 1.807) is 7.11 Å². The topological polar surface area (TPSA) is 35.2 Å². The quantitative estimate of drug-likeness (QED) is 0.766. The van der Waals surface area contributed by atoms with E-state index in [4.69, 9.17) is 10.5 Å². The lowest BCUT2D eigenvalue weighted by Gasteiger charge is -2.11. The Kier molecular flexibility index (Phi) is 4.20. The molecule has 2 heteroatoms. The number of nitrogens with two attached hydrogens (primary N) is 1. The van der Waals surface area contributed by atoms with Crippen molar-refractivity contribution in [2.75, 3.05) is 7.11 Å². The highest BCUT2D eigenvalue weighted by molar-refractivity contribution is 5.37. The predicted molar refractivity (Wildman–Crippen MR) is 62.7 cm³/mol. The summed E-state index contributed by atoms with van der Waals surface area (Å²) in [6.07, 6.45) is 0.697. The minimum Gasteiger partial charge on any atom is -0.496 e. The van der Waals surface area contributed by atoms with Crippen LogP contribution in [-0.2, 0) is 0 Å². The second-order valence-electron chi connectivity index (χ2n) is 3.47. The zero-order valence-corrected chi connectivity index (χ0v) is 9.50. The van der Waals surface area contributed by atoms with Crippen molar-refractivity contribution in [3.05, 3.63) is 29.3 Å². The Morgan fingerprint density at radius 2 is 2.20 bits per heavy atom. The molecule has 0 bridgehead atoms. The lowest BCUT2D eigenvalue weighted by molar-refractivity contribution is 0.411. The molecule has 1 unspecified atom stereocenters. The maximum Gasteiger partial charge on any atom is 0.121 e. The standard InChI is InChI=1S/C13H17NO/c1-4-5-6-12(14)11-7-8-13(15-3)10(2)9-11/h7-9,12H,6,14H2,1-3H3. The third-order valence-corrected chi connectivity index (χ3v) is 2.35. The van der Waals surface area contributed by atoms with E-state index in [1.165, 1.54) is 0 Å². The molecule has 0 aliphatic heterocycles. The first kappa shape index (κ1) is 11.6. The van der Waals surface area contributed by atoms with E-state index in [0.717, 1.165) is 16.9 Å². The molecule has 0 heterocycles. The fraction of sp³-hybridized carbons (Fsp3) is 0.385.